The van der Waals surface area contributed by atoms with Gasteiger partial charge in [0.15, 0.2) is 0 Å². The van der Waals surface area contributed by atoms with E-state index in [0.29, 0.717) is 5.82 Å². The molecule has 0 atom stereocenters. The number of hydrazine groups is 2. The smallest absolute Gasteiger partial charge is 0.119 e. The molecule has 0 fully saturated rings. The zero-order valence-corrected chi connectivity index (χ0v) is 4.20. The zero-order chi connectivity index (χ0) is 5.98. The Morgan fingerprint density at radius 1 is 1.75 bits per heavy atom. The quantitative estimate of drug-likeness (QED) is 0.333. The van der Waals surface area contributed by atoms with Gasteiger partial charge in [-0.05, 0) is 6.08 Å². The lowest BCUT2D eigenvalue weighted by atomic mass is 10.6. The predicted molar refractivity (Wildman–Crippen MR) is 29.9 cm³/mol. The lowest BCUT2D eigenvalue weighted by Crippen LogP contribution is -2.42. The van der Waals surface area contributed by atoms with E-state index in [2.05, 4.69) is 10.5 Å². The fraction of sp³-hybridized carbons (Fsp3) is 0. The van der Waals surface area contributed by atoms with Gasteiger partial charge < -0.3 is 5.73 Å². The van der Waals surface area contributed by atoms with Crippen LogP contribution in [0, 0.1) is 0 Å². The summed E-state index contributed by atoms with van der Waals surface area (Å²) >= 11 is 0. The lowest BCUT2D eigenvalue weighted by Gasteiger charge is -2.16. The normalized spacial score (nSPS) is 17.6. The van der Waals surface area contributed by atoms with Crippen LogP contribution in [0.25, 0.3) is 0 Å². The number of rotatable bonds is 0. The summed E-state index contributed by atoms with van der Waals surface area (Å²) in [5.41, 5.74) is 7.79. The van der Waals surface area contributed by atoms with Gasteiger partial charge in [-0.3, -0.25) is 5.43 Å². The summed E-state index contributed by atoms with van der Waals surface area (Å²) in [6.07, 6.45) is 3.12. The van der Waals surface area contributed by atoms with Crippen molar-refractivity contribution in [3.8, 4) is 0 Å². The predicted octanol–water partition coefficient (Wildman–Crippen LogP) is -1.53. The van der Waals surface area contributed by atoms with Crippen LogP contribution in [0.5, 0.6) is 0 Å². The summed E-state index contributed by atoms with van der Waals surface area (Å²) in [4.78, 5) is 0. The molecule has 1 aliphatic rings. The van der Waals surface area contributed by atoms with E-state index in [1.165, 1.54) is 6.21 Å². The first-order chi connectivity index (χ1) is 3.79. The minimum Gasteiger partial charge on any atom is -0.384 e. The maximum atomic E-state index is 5.26. The van der Waals surface area contributed by atoms with Crippen molar-refractivity contribution in [1.29, 1.82) is 0 Å². The van der Waals surface area contributed by atoms with Crippen molar-refractivity contribution < 1.29 is 0 Å². The zero-order valence-electron chi connectivity index (χ0n) is 4.20. The Hall–Kier alpha value is -1.23. The highest BCUT2D eigenvalue weighted by Gasteiger charge is 1.94. The Morgan fingerprint density at radius 2 is 2.50 bits per heavy atom. The molecule has 44 valence electrons. The molecule has 5 N–H and O–H groups in total. The van der Waals surface area contributed by atoms with E-state index in [0.717, 1.165) is 5.23 Å². The van der Waals surface area contributed by atoms with E-state index in [-0.39, 0.29) is 0 Å². The molecular weight excluding hydrogens is 106 g/mol. The first kappa shape index (κ1) is 4.92. The van der Waals surface area contributed by atoms with E-state index in [1.54, 1.807) is 6.08 Å². The first-order valence-corrected chi connectivity index (χ1v) is 2.10. The molecule has 0 saturated carbocycles. The summed E-state index contributed by atoms with van der Waals surface area (Å²) in [6, 6.07) is 0. The Balaban J connectivity index is 2.59. The van der Waals surface area contributed by atoms with Crippen molar-refractivity contribution in [2.24, 2.45) is 16.7 Å². The van der Waals surface area contributed by atoms with Crippen LogP contribution in [0.15, 0.2) is 17.0 Å². The number of nitrogens with zero attached hydrogens (tertiary/aromatic N) is 2. The van der Waals surface area contributed by atoms with E-state index in [9.17, 15) is 0 Å². The first-order valence-electron chi connectivity index (χ1n) is 2.10. The molecule has 1 aliphatic heterocycles. The van der Waals surface area contributed by atoms with Gasteiger partial charge in [-0.25, -0.2) is 5.84 Å². The molecule has 5 heteroatoms. The minimum absolute atomic E-state index is 0.488. The summed E-state index contributed by atoms with van der Waals surface area (Å²) in [6.45, 7) is 0. The van der Waals surface area contributed by atoms with E-state index in [1.807, 2.05) is 0 Å². The second-order valence-electron chi connectivity index (χ2n) is 1.34. The standard InChI is InChI=1S/C3H7N5/c4-3-1-2-6-8(5)7-3/h1-2,7H,4-5H2. The molecule has 5 nitrogen and oxygen atoms in total. The monoisotopic (exact) mass is 113 g/mol. The molecule has 0 unspecified atom stereocenters. The van der Waals surface area contributed by atoms with Crippen molar-refractivity contribution in [1.82, 2.24) is 10.7 Å². The molecule has 0 spiro atoms. The summed E-state index contributed by atoms with van der Waals surface area (Å²) < 4.78 is 0. The van der Waals surface area contributed by atoms with Gasteiger partial charge in [0.05, 0.1) is 6.21 Å². The van der Waals surface area contributed by atoms with Gasteiger partial charge in [0.1, 0.15) is 5.82 Å². The van der Waals surface area contributed by atoms with Crippen molar-refractivity contribution in [2.45, 2.75) is 0 Å². The molecule has 0 amide bonds. The van der Waals surface area contributed by atoms with Crippen LogP contribution in [-0.4, -0.2) is 11.4 Å². The SMILES string of the molecule is NC1=CC=NN(N)N1. The highest BCUT2D eigenvalue weighted by Crippen LogP contribution is 1.83. The molecule has 1 heterocycles. The summed E-state index contributed by atoms with van der Waals surface area (Å²) in [7, 11) is 0. The number of allylic oxidation sites excluding steroid dienone is 1. The summed E-state index contributed by atoms with van der Waals surface area (Å²) in [5.74, 6) is 5.62. The topological polar surface area (TPSA) is 79.7 Å². The Kier molecular flexibility index (Phi) is 1.05. The van der Waals surface area contributed by atoms with Gasteiger partial charge in [0.2, 0.25) is 0 Å². The van der Waals surface area contributed by atoms with Crippen molar-refractivity contribution >= 4 is 6.21 Å². The average Bonchev–Trinajstić information content (AvgIpc) is 1.64. The third-order valence-electron chi connectivity index (χ3n) is 0.689. The van der Waals surface area contributed by atoms with Gasteiger partial charge in [-0.1, -0.05) is 0 Å². The third kappa shape index (κ3) is 0.881. The molecule has 0 radical (unpaired) electrons. The van der Waals surface area contributed by atoms with Crippen LogP contribution in [0.4, 0.5) is 0 Å². The van der Waals surface area contributed by atoms with Crippen molar-refractivity contribution in [2.75, 3.05) is 0 Å². The molecule has 0 saturated heterocycles. The molecule has 0 aromatic heterocycles. The molecule has 0 aromatic carbocycles. The Bertz CT molecular complexity index is 137. The van der Waals surface area contributed by atoms with Crippen LogP contribution >= 0.6 is 0 Å². The van der Waals surface area contributed by atoms with Crippen molar-refractivity contribution in [3.05, 3.63) is 11.9 Å². The van der Waals surface area contributed by atoms with E-state index >= 15 is 0 Å². The number of nitrogens with two attached hydrogens (primary N) is 2. The van der Waals surface area contributed by atoms with Gasteiger partial charge >= 0.3 is 0 Å². The molecule has 8 heavy (non-hydrogen) atoms. The second kappa shape index (κ2) is 1.71. The van der Waals surface area contributed by atoms with Crippen LogP contribution in [0.3, 0.4) is 0 Å². The molecule has 0 aliphatic carbocycles. The second-order valence-corrected chi connectivity index (χ2v) is 1.34. The Morgan fingerprint density at radius 3 is 2.88 bits per heavy atom. The van der Waals surface area contributed by atoms with Crippen LogP contribution in [0.2, 0.25) is 0 Å². The minimum atomic E-state index is 0.488. The van der Waals surface area contributed by atoms with Gasteiger partial charge in [-0.2, -0.15) is 0 Å². The highest BCUT2D eigenvalue weighted by atomic mass is 15.8. The van der Waals surface area contributed by atoms with Crippen LogP contribution in [-0.2, 0) is 0 Å². The molecule has 0 aromatic rings. The molecular formula is C3H7N5. The number of hydrogen-bond acceptors (Lipinski definition) is 5. The van der Waals surface area contributed by atoms with Gasteiger partial charge in [0.25, 0.3) is 0 Å². The summed E-state index contributed by atoms with van der Waals surface area (Å²) in [5, 5.41) is 4.64. The fourth-order valence-electron chi connectivity index (χ4n) is 0.384. The van der Waals surface area contributed by atoms with E-state index in [4.69, 9.17) is 11.6 Å². The Labute approximate surface area is 46.6 Å². The average molecular weight is 113 g/mol. The highest BCUT2D eigenvalue weighted by molar-refractivity contribution is 5.72. The van der Waals surface area contributed by atoms with Crippen molar-refractivity contribution in [3.63, 3.8) is 0 Å². The maximum absolute atomic E-state index is 5.26. The van der Waals surface area contributed by atoms with E-state index < -0.39 is 0 Å². The number of hydrogen-bond donors (Lipinski definition) is 3. The third-order valence-corrected chi connectivity index (χ3v) is 0.689. The van der Waals surface area contributed by atoms with Crippen LogP contribution in [0.1, 0.15) is 0 Å². The maximum Gasteiger partial charge on any atom is 0.119 e. The number of nitrogens with one attached hydrogen (secondary N) is 1. The molecule has 1 rings (SSSR count). The largest absolute Gasteiger partial charge is 0.384 e. The lowest BCUT2D eigenvalue weighted by molar-refractivity contribution is 0.226. The van der Waals surface area contributed by atoms with Crippen LogP contribution < -0.4 is 17.0 Å². The molecule has 0 bridgehead atoms. The van der Waals surface area contributed by atoms with Gasteiger partial charge in [0, 0.05) is 0 Å². The fourth-order valence-corrected chi connectivity index (χ4v) is 0.384. The number of hydrazone groups is 1. The van der Waals surface area contributed by atoms with Gasteiger partial charge in [-0.15, -0.1) is 10.3 Å².